The number of rotatable bonds is 3. The lowest BCUT2D eigenvalue weighted by molar-refractivity contribution is -0.138. The molecule has 3 nitrogen and oxygen atoms in total. The maximum atomic E-state index is 12.4. The summed E-state index contributed by atoms with van der Waals surface area (Å²) in [5.74, 6) is 0.609. The van der Waals surface area contributed by atoms with Crippen molar-refractivity contribution >= 4 is 17.7 Å². The zero-order chi connectivity index (χ0) is 14.8. The number of alkyl halides is 3. The Labute approximate surface area is 118 Å². The highest BCUT2D eigenvalue weighted by molar-refractivity contribution is 7.99. The molecule has 1 amide bonds. The number of carbonyl (C=O) groups is 1. The second-order valence-corrected chi connectivity index (χ2v) is 5.82. The smallest absolute Gasteiger partial charge is 0.379 e. The molecule has 1 aliphatic rings. The summed E-state index contributed by atoms with van der Waals surface area (Å²) in [5, 5.41) is 12.6. The topological polar surface area (TPSA) is 49.3 Å². The molecule has 110 valence electrons. The van der Waals surface area contributed by atoms with E-state index >= 15 is 0 Å². The normalized spacial score (nSPS) is 22.8. The van der Waals surface area contributed by atoms with Crippen LogP contribution in [0.25, 0.3) is 0 Å². The Morgan fingerprint density at radius 1 is 1.35 bits per heavy atom. The van der Waals surface area contributed by atoms with Gasteiger partial charge >= 0.3 is 6.18 Å². The van der Waals surface area contributed by atoms with Gasteiger partial charge < -0.3 is 10.4 Å². The summed E-state index contributed by atoms with van der Waals surface area (Å²) in [4.78, 5) is 11.8. The number of halogens is 3. The van der Waals surface area contributed by atoms with Crippen molar-refractivity contribution in [1.82, 2.24) is 5.32 Å². The van der Waals surface area contributed by atoms with Crippen molar-refractivity contribution in [1.29, 1.82) is 0 Å². The predicted octanol–water partition coefficient (Wildman–Crippen LogP) is 2.19. The molecule has 2 rings (SSSR count). The molecule has 0 spiro atoms. The van der Waals surface area contributed by atoms with Crippen LogP contribution in [-0.2, 0) is 17.5 Å². The van der Waals surface area contributed by atoms with Crippen molar-refractivity contribution in [2.45, 2.75) is 24.7 Å². The van der Waals surface area contributed by atoms with E-state index in [0.29, 0.717) is 17.7 Å². The highest BCUT2D eigenvalue weighted by atomic mass is 32.2. The molecule has 1 aliphatic heterocycles. The van der Waals surface area contributed by atoms with Gasteiger partial charge in [-0.25, -0.2) is 0 Å². The van der Waals surface area contributed by atoms with Crippen molar-refractivity contribution in [3.63, 3.8) is 0 Å². The van der Waals surface area contributed by atoms with Gasteiger partial charge in [-0.15, -0.1) is 0 Å². The van der Waals surface area contributed by atoms with Gasteiger partial charge in [0.05, 0.1) is 5.56 Å². The van der Waals surface area contributed by atoms with Crippen molar-refractivity contribution in [3.8, 4) is 0 Å². The SMILES string of the molecule is O=C(NCc1ccc(C(F)(F)F)cc1)C1(O)CCSC1. The number of benzene rings is 1. The summed E-state index contributed by atoms with van der Waals surface area (Å²) >= 11 is 1.50. The van der Waals surface area contributed by atoms with Crippen LogP contribution in [0.4, 0.5) is 13.2 Å². The summed E-state index contributed by atoms with van der Waals surface area (Å²) in [5.41, 5.74) is -1.52. The summed E-state index contributed by atoms with van der Waals surface area (Å²) in [6.45, 7) is 0.101. The van der Waals surface area contributed by atoms with E-state index in [0.717, 1.165) is 17.9 Å². The Hall–Kier alpha value is -1.21. The quantitative estimate of drug-likeness (QED) is 0.900. The van der Waals surface area contributed by atoms with Crippen molar-refractivity contribution in [2.75, 3.05) is 11.5 Å². The number of carbonyl (C=O) groups excluding carboxylic acids is 1. The van der Waals surface area contributed by atoms with Crippen molar-refractivity contribution in [3.05, 3.63) is 35.4 Å². The van der Waals surface area contributed by atoms with Crippen LogP contribution in [0.3, 0.4) is 0 Å². The Kier molecular flexibility index (Phi) is 4.29. The Balaban J connectivity index is 1.93. The molecule has 7 heteroatoms. The van der Waals surface area contributed by atoms with Crippen molar-refractivity contribution < 1.29 is 23.1 Å². The molecule has 0 saturated carbocycles. The van der Waals surface area contributed by atoms with E-state index in [4.69, 9.17) is 0 Å². The van der Waals surface area contributed by atoms with E-state index in [-0.39, 0.29) is 6.54 Å². The fourth-order valence-corrected chi connectivity index (χ4v) is 3.13. The number of hydrogen-bond donors (Lipinski definition) is 2. The minimum atomic E-state index is -4.36. The monoisotopic (exact) mass is 305 g/mol. The highest BCUT2D eigenvalue weighted by Crippen LogP contribution is 2.29. The van der Waals surface area contributed by atoms with Gasteiger partial charge in [0, 0.05) is 12.3 Å². The Bertz CT molecular complexity index is 481. The number of thioether (sulfide) groups is 1. The lowest BCUT2D eigenvalue weighted by Crippen LogP contribution is -2.46. The summed E-state index contributed by atoms with van der Waals surface area (Å²) < 4.78 is 37.2. The Morgan fingerprint density at radius 3 is 2.50 bits per heavy atom. The number of hydrogen-bond acceptors (Lipinski definition) is 3. The summed E-state index contributed by atoms with van der Waals surface area (Å²) in [6.07, 6.45) is -3.96. The van der Waals surface area contributed by atoms with Gasteiger partial charge in [-0.1, -0.05) is 12.1 Å². The summed E-state index contributed by atoms with van der Waals surface area (Å²) in [7, 11) is 0. The molecule has 1 fully saturated rings. The summed E-state index contributed by atoms with van der Waals surface area (Å²) in [6, 6.07) is 4.58. The maximum absolute atomic E-state index is 12.4. The van der Waals surface area contributed by atoms with Crippen LogP contribution in [-0.4, -0.2) is 28.1 Å². The van der Waals surface area contributed by atoms with Crippen LogP contribution in [0.15, 0.2) is 24.3 Å². The van der Waals surface area contributed by atoms with E-state index in [1.165, 1.54) is 23.9 Å². The molecular weight excluding hydrogens is 291 g/mol. The van der Waals surface area contributed by atoms with Gasteiger partial charge in [0.25, 0.3) is 5.91 Å². The fourth-order valence-electron chi connectivity index (χ4n) is 1.89. The molecule has 0 bridgehead atoms. The van der Waals surface area contributed by atoms with Crippen LogP contribution < -0.4 is 5.32 Å². The number of aliphatic hydroxyl groups is 1. The van der Waals surface area contributed by atoms with E-state index in [1.807, 2.05) is 0 Å². The molecule has 0 radical (unpaired) electrons. The highest BCUT2D eigenvalue weighted by Gasteiger charge is 2.39. The zero-order valence-electron chi connectivity index (χ0n) is 10.5. The Morgan fingerprint density at radius 2 is 2.00 bits per heavy atom. The molecule has 1 aromatic carbocycles. The molecule has 1 aromatic rings. The lowest BCUT2D eigenvalue weighted by Gasteiger charge is -2.20. The van der Waals surface area contributed by atoms with Gasteiger partial charge in [0.2, 0.25) is 0 Å². The van der Waals surface area contributed by atoms with Crippen LogP contribution in [0.5, 0.6) is 0 Å². The van der Waals surface area contributed by atoms with Gasteiger partial charge in [0.15, 0.2) is 5.60 Å². The minimum absolute atomic E-state index is 0.101. The predicted molar refractivity (Wildman–Crippen MR) is 70.2 cm³/mol. The van der Waals surface area contributed by atoms with Gasteiger partial charge in [0.1, 0.15) is 0 Å². The first-order valence-corrected chi connectivity index (χ1v) is 7.21. The standard InChI is InChI=1S/C13H14F3NO2S/c14-13(15,16)10-3-1-9(2-4-10)7-17-11(18)12(19)5-6-20-8-12/h1-4,19H,5-8H2,(H,17,18). The lowest BCUT2D eigenvalue weighted by atomic mass is 10.0. The third-order valence-electron chi connectivity index (χ3n) is 3.16. The molecule has 0 aromatic heterocycles. The molecule has 1 atom stereocenters. The van der Waals surface area contributed by atoms with E-state index in [1.54, 1.807) is 0 Å². The average molecular weight is 305 g/mol. The second kappa shape index (κ2) is 5.65. The molecular formula is C13H14F3NO2S. The van der Waals surface area contributed by atoms with Gasteiger partial charge in [-0.2, -0.15) is 24.9 Å². The molecule has 0 aliphatic carbocycles. The van der Waals surface area contributed by atoms with E-state index in [9.17, 15) is 23.1 Å². The van der Waals surface area contributed by atoms with Crippen LogP contribution in [0.2, 0.25) is 0 Å². The van der Waals surface area contributed by atoms with Crippen LogP contribution in [0.1, 0.15) is 17.5 Å². The van der Waals surface area contributed by atoms with Gasteiger partial charge in [-0.3, -0.25) is 4.79 Å². The first kappa shape index (κ1) is 15.2. The van der Waals surface area contributed by atoms with E-state index < -0.39 is 23.2 Å². The largest absolute Gasteiger partial charge is 0.416 e. The molecule has 1 unspecified atom stereocenters. The van der Waals surface area contributed by atoms with Crippen LogP contribution >= 0.6 is 11.8 Å². The van der Waals surface area contributed by atoms with Crippen molar-refractivity contribution in [2.24, 2.45) is 0 Å². The first-order valence-electron chi connectivity index (χ1n) is 6.06. The van der Waals surface area contributed by atoms with E-state index in [2.05, 4.69) is 5.32 Å². The first-order chi connectivity index (χ1) is 9.31. The average Bonchev–Trinajstić information content (AvgIpc) is 2.84. The number of nitrogens with one attached hydrogen (secondary N) is 1. The fraction of sp³-hybridized carbons (Fsp3) is 0.462. The number of amides is 1. The molecule has 2 N–H and O–H groups in total. The second-order valence-electron chi connectivity index (χ2n) is 4.71. The molecule has 20 heavy (non-hydrogen) atoms. The minimum Gasteiger partial charge on any atom is -0.379 e. The maximum Gasteiger partial charge on any atom is 0.416 e. The van der Waals surface area contributed by atoms with Crippen LogP contribution in [0, 0.1) is 0 Å². The third kappa shape index (κ3) is 3.46. The molecule has 1 saturated heterocycles. The third-order valence-corrected chi connectivity index (χ3v) is 4.33. The molecule has 1 heterocycles. The zero-order valence-corrected chi connectivity index (χ0v) is 11.4. The van der Waals surface area contributed by atoms with Gasteiger partial charge in [-0.05, 0) is 29.9 Å².